The molecule has 3 heteroatoms. The first-order valence-electron chi connectivity index (χ1n) is 3.54. The third-order valence-electron chi connectivity index (χ3n) is 1.13. The van der Waals surface area contributed by atoms with E-state index in [4.69, 9.17) is 10.6 Å². The first-order valence-corrected chi connectivity index (χ1v) is 5.03. The van der Waals surface area contributed by atoms with Crippen LogP contribution in [0.3, 0.4) is 0 Å². The Hall–Kier alpha value is -0.770. The van der Waals surface area contributed by atoms with Gasteiger partial charge in [0, 0.05) is 6.26 Å². The van der Waals surface area contributed by atoms with E-state index in [1.165, 1.54) is 6.26 Å². The molecule has 0 aromatic carbocycles. The molecule has 0 bridgehead atoms. The highest BCUT2D eigenvalue weighted by Gasteiger charge is 2.12. The fraction of sp³-hybridized carbons (Fsp3) is 0.556. The first kappa shape index (κ1) is 11.2. The van der Waals surface area contributed by atoms with Gasteiger partial charge in [-0.1, -0.05) is 19.8 Å². The van der Waals surface area contributed by atoms with Crippen LogP contribution in [0.1, 0.15) is 13.8 Å². The Kier molecular flexibility index (Phi) is 5.45. The third kappa shape index (κ3) is 4.96. The van der Waals surface area contributed by atoms with Gasteiger partial charge in [0.25, 0.3) is 0 Å². The smallest absolute Gasteiger partial charge is 0.153 e. The predicted molar refractivity (Wildman–Crippen MR) is 50.4 cm³/mol. The maximum absolute atomic E-state index is 10.7. The summed E-state index contributed by atoms with van der Waals surface area (Å²) in [4.78, 5) is 0. The third-order valence-corrected chi connectivity index (χ3v) is 1.61. The molecule has 0 fully saturated rings. The molecule has 66 valence electrons. The van der Waals surface area contributed by atoms with Crippen LogP contribution >= 0.6 is 0 Å². The van der Waals surface area contributed by atoms with E-state index in [-0.39, 0.29) is 12.0 Å². The Morgan fingerprint density at radius 2 is 2.08 bits per heavy atom. The van der Waals surface area contributed by atoms with Crippen molar-refractivity contribution >= 4 is 11.1 Å². The Labute approximate surface area is 76.4 Å². The van der Waals surface area contributed by atoms with Crippen LogP contribution in [0.2, 0.25) is 0 Å². The fourth-order valence-corrected chi connectivity index (χ4v) is 1.12. The SMILES string of the molecule is C#CC#CC(OS(C)=O)C(C)C. The Morgan fingerprint density at radius 3 is 2.42 bits per heavy atom. The highest BCUT2D eigenvalue weighted by atomic mass is 32.2. The molecule has 0 aliphatic rings. The molecule has 0 aromatic heterocycles. The topological polar surface area (TPSA) is 26.3 Å². The molecule has 0 saturated heterocycles. The van der Waals surface area contributed by atoms with E-state index in [9.17, 15) is 4.21 Å². The zero-order chi connectivity index (χ0) is 9.56. The standard InChI is InChI=1S/C9H12O2S/c1-5-6-7-9(8(2)3)11-12(4)10/h1,8-9H,2-4H3. The van der Waals surface area contributed by atoms with Crippen LogP contribution in [-0.2, 0) is 15.3 Å². The van der Waals surface area contributed by atoms with E-state index in [0.29, 0.717) is 0 Å². The van der Waals surface area contributed by atoms with Crippen LogP contribution in [0.4, 0.5) is 0 Å². The van der Waals surface area contributed by atoms with Crippen molar-refractivity contribution in [1.82, 2.24) is 0 Å². The summed E-state index contributed by atoms with van der Waals surface area (Å²) in [7, 11) is 0. The number of hydrogen-bond acceptors (Lipinski definition) is 2. The van der Waals surface area contributed by atoms with E-state index < -0.39 is 11.1 Å². The maximum Gasteiger partial charge on any atom is 0.153 e. The molecule has 0 aromatic rings. The second-order valence-corrected chi connectivity index (χ2v) is 3.57. The summed E-state index contributed by atoms with van der Waals surface area (Å²) in [6.07, 6.45) is 6.08. The van der Waals surface area contributed by atoms with Crippen molar-refractivity contribution in [2.24, 2.45) is 5.92 Å². The zero-order valence-electron chi connectivity index (χ0n) is 7.46. The van der Waals surface area contributed by atoms with Crippen LogP contribution < -0.4 is 0 Å². The van der Waals surface area contributed by atoms with Gasteiger partial charge >= 0.3 is 0 Å². The van der Waals surface area contributed by atoms with Crippen LogP contribution in [0.15, 0.2) is 0 Å². The maximum atomic E-state index is 10.7. The van der Waals surface area contributed by atoms with Crippen molar-refractivity contribution in [2.75, 3.05) is 6.26 Å². The lowest BCUT2D eigenvalue weighted by molar-refractivity contribution is 0.231. The van der Waals surface area contributed by atoms with Gasteiger partial charge in [-0.2, -0.15) is 0 Å². The van der Waals surface area contributed by atoms with E-state index in [0.717, 1.165) is 0 Å². The van der Waals surface area contributed by atoms with Gasteiger partial charge in [0.1, 0.15) is 6.10 Å². The van der Waals surface area contributed by atoms with Crippen LogP contribution in [0.5, 0.6) is 0 Å². The molecule has 0 amide bonds. The monoisotopic (exact) mass is 184 g/mol. The lowest BCUT2D eigenvalue weighted by Crippen LogP contribution is -2.18. The van der Waals surface area contributed by atoms with Gasteiger partial charge in [-0.15, -0.1) is 6.42 Å². The molecule has 0 spiro atoms. The van der Waals surface area contributed by atoms with E-state index in [2.05, 4.69) is 17.8 Å². The van der Waals surface area contributed by atoms with Crippen molar-refractivity contribution in [3.05, 3.63) is 0 Å². The number of terminal acetylenes is 1. The van der Waals surface area contributed by atoms with E-state index in [1.54, 1.807) is 0 Å². The second kappa shape index (κ2) is 5.83. The minimum Gasteiger partial charge on any atom is -0.274 e. The molecule has 2 unspecified atom stereocenters. The van der Waals surface area contributed by atoms with Crippen LogP contribution in [-0.4, -0.2) is 16.6 Å². The van der Waals surface area contributed by atoms with Gasteiger partial charge in [-0.25, -0.2) is 4.21 Å². The van der Waals surface area contributed by atoms with E-state index >= 15 is 0 Å². The Morgan fingerprint density at radius 1 is 1.50 bits per heavy atom. The molecule has 0 heterocycles. The van der Waals surface area contributed by atoms with Crippen molar-refractivity contribution in [2.45, 2.75) is 20.0 Å². The number of rotatable bonds is 3. The van der Waals surface area contributed by atoms with Crippen LogP contribution in [0, 0.1) is 30.1 Å². The molecule has 0 saturated carbocycles. The average Bonchev–Trinajstić information content (AvgIpc) is 1.96. The minimum absolute atomic E-state index is 0.190. The lowest BCUT2D eigenvalue weighted by Gasteiger charge is -2.12. The molecule has 0 aliphatic heterocycles. The quantitative estimate of drug-likeness (QED) is 0.611. The largest absolute Gasteiger partial charge is 0.274 e. The summed E-state index contributed by atoms with van der Waals surface area (Å²) in [5.41, 5.74) is 0. The zero-order valence-corrected chi connectivity index (χ0v) is 8.27. The van der Waals surface area contributed by atoms with Gasteiger partial charge in [-0.05, 0) is 17.8 Å². The molecule has 2 atom stereocenters. The molecular formula is C9H12O2S. The van der Waals surface area contributed by atoms with Crippen molar-refractivity contribution in [1.29, 1.82) is 0 Å². The summed E-state index contributed by atoms with van der Waals surface area (Å²) in [6, 6.07) is 0. The average molecular weight is 184 g/mol. The summed E-state index contributed by atoms with van der Waals surface area (Å²) in [6.45, 7) is 3.87. The lowest BCUT2D eigenvalue weighted by atomic mass is 10.1. The minimum atomic E-state index is -1.29. The van der Waals surface area contributed by atoms with Gasteiger partial charge in [-0.3, -0.25) is 4.18 Å². The van der Waals surface area contributed by atoms with E-state index in [1.807, 2.05) is 13.8 Å². The molecule has 0 aliphatic carbocycles. The van der Waals surface area contributed by atoms with Crippen molar-refractivity contribution < 1.29 is 8.39 Å². The molecule has 2 nitrogen and oxygen atoms in total. The summed E-state index contributed by atoms with van der Waals surface area (Å²) < 4.78 is 15.7. The van der Waals surface area contributed by atoms with Gasteiger partial charge in [0.15, 0.2) is 11.1 Å². The molecule has 0 radical (unpaired) electrons. The summed E-state index contributed by atoms with van der Waals surface area (Å²) in [5.74, 6) is 7.53. The Bertz CT molecular complexity index is 252. The van der Waals surface area contributed by atoms with Gasteiger partial charge in [0.05, 0.1) is 0 Å². The predicted octanol–water partition coefficient (Wildman–Crippen LogP) is 0.958. The van der Waals surface area contributed by atoms with Crippen molar-refractivity contribution in [3.8, 4) is 24.2 Å². The first-order chi connectivity index (χ1) is 5.57. The molecular weight excluding hydrogens is 172 g/mol. The molecule has 0 N–H and O–H groups in total. The van der Waals surface area contributed by atoms with Crippen molar-refractivity contribution in [3.63, 3.8) is 0 Å². The van der Waals surface area contributed by atoms with Gasteiger partial charge < -0.3 is 0 Å². The highest BCUT2D eigenvalue weighted by molar-refractivity contribution is 7.79. The normalized spacial score (nSPS) is 14.2. The fourth-order valence-electron chi connectivity index (χ4n) is 0.561. The highest BCUT2D eigenvalue weighted by Crippen LogP contribution is 2.06. The summed E-state index contributed by atoms with van der Waals surface area (Å²) in [5, 5.41) is 0. The molecule has 12 heavy (non-hydrogen) atoms. The Balaban J connectivity index is 4.26. The summed E-state index contributed by atoms with van der Waals surface area (Å²) >= 11 is -1.29. The van der Waals surface area contributed by atoms with Gasteiger partial charge in [0.2, 0.25) is 0 Å². The second-order valence-electron chi connectivity index (χ2n) is 2.58. The van der Waals surface area contributed by atoms with Crippen LogP contribution in [0.25, 0.3) is 0 Å². The number of hydrogen-bond donors (Lipinski definition) is 0. The molecule has 0 rings (SSSR count).